The molecule has 0 spiro atoms. The van der Waals surface area contributed by atoms with E-state index in [4.69, 9.17) is 0 Å². The molecule has 1 saturated carbocycles. The molecule has 26 heavy (non-hydrogen) atoms. The van der Waals surface area contributed by atoms with Gasteiger partial charge in [0.1, 0.15) is 0 Å². The number of nitrogens with zero attached hydrogens (tertiary/aromatic N) is 2. The monoisotopic (exact) mass is 361 g/mol. The van der Waals surface area contributed by atoms with Crippen molar-refractivity contribution in [1.82, 2.24) is 5.32 Å². The highest BCUT2D eigenvalue weighted by molar-refractivity contribution is 5.77. The molecule has 1 heterocycles. The van der Waals surface area contributed by atoms with Crippen LogP contribution in [0.4, 0.5) is 11.4 Å². The first-order valence-corrected chi connectivity index (χ1v) is 9.65. The zero-order valence-electron chi connectivity index (χ0n) is 15.4. The largest absolute Gasteiger partial charge is 0.360 e. The molecule has 2 atom stereocenters. The van der Waals surface area contributed by atoms with Crippen molar-refractivity contribution in [2.45, 2.75) is 38.6 Å². The summed E-state index contributed by atoms with van der Waals surface area (Å²) < 4.78 is 0. The van der Waals surface area contributed by atoms with Crippen molar-refractivity contribution in [3.05, 3.63) is 34.4 Å². The fourth-order valence-electron chi connectivity index (χ4n) is 4.06. The number of rotatable bonds is 5. The average Bonchev–Trinajstić information content (AvgIpc) is 2.64. The fraction of sp³-hybridized carbons (Fsp3) is 0.632. The zero-order chi connectivity index (χ0) is 18.5. The van der Waals surface area contributed by atoms with Crippen LogP contribution in [0.15, 0.2) is 24.3 Å². The van der Waals surface area contributed by atoms with Crippen LogP contribution in [0.5, 0.6) is 0 Å². The number of anilines is 1. The molecular weight excluding hydrogens is 332 g/mol. The summed E-state index contributed by atoms with van der Waals surface area (Å²) in [7, 11) is 0. The Morgan fingerprint density at radius 3 is 2.50 bits per heavy atom. The van der Waals surface area contributed by atoms with Gasteiger partial charge in [-0.05, 0) is 30.9 Å². The van der Waals surface area contributed by atoms with Crippen LogP contribution in [-0.4, -0.2) is 49.6 Å². The van der Waals surface area contributed by atoms with Crippen LogP contribution < -0.4 is 15.1 Å². The number of carbonyl (C=O) groups is 1. The van der Waals surface area contributed by atoms with Crippen molar-refractivity contribution in [2.75, 3.05) is 37.6 Å². The number of hydrogen-bond donors (Lipinski definition) is 2. The van der Waals surface area contributed by atoms with E-state index < -0.39 is 0 Å². The SMILES string of the molecule is C[C@H]1CCCC[C@H]1NC(=O)C[NH+]1CCN(c2ccc([N+](=O)[O-])cc2)CC1. The number of benzene rings is 1. The van der Waals surface area contributed by atoms with Crippen molar-refractivity contribution in [1.29, 1.82) is 0 Å². The Bertz CT molecular complexity index is 626. The van der Waals surface area contributed by atoms with Crippen LogP contribution >= 0.6 is 0 Å². The normalized spacial score (nSPS) is 24.3. The Kier molecular flexibility index (Phi) is 6.08. The third-order valence-corrected chi connectivity index (χ3v) is 5.76. The van der Waals surface area contributed by atoms with Gasteiger partial charge in [-0.2, -0.15) is 0 Å². The molecule has 1 aromatic carbocycles. The van der Waals surface area contributed by atoms with E-state index in [9.17, 15) is 14.9 Å². The lowest BCUT2D eigenvalue weighted by Crippen LogP contribution is -3.16. The van der Waals surface area contributed by atoms with E-state index in [0.29, 0.717) is 18.5 Å². The second-order valence-electron chi connectivity index (χ2n) is 7.62. The summed E-state index contributed by atoms with van der Waals surface area (Å²) in [6.45, 7) is 6.31. The number of amides is 1. The van der Waals surface area contributed by atoms with Crippen molar-refractivity contribution < 1.29 is 14.6 Å². The van der Waals surface area contributed by atoms with Crippen LogP contribution in [-0.2, 0) is 4.79 Å². The minimum atomic E-state index is -0.377. The molecule has 0 aromatic heterocycles. The fourth-order valence-corrected chi connectivity index (χ4v) is 4.06. The Morgan fingerprint density at radius 2 is 1.88 bits per heavy atom. The Morgan fingerprint density at radius 1 is 1.23 bits per heavy atom. The highest BCUT2D eigenvalue weighted by Crippen LogP contribution is 2.23. The molecule has 2 fully saturated rings. The number of carbonyl (C=O) groups excluding carboxylic acids is 1. The molecule has 2 aliphatic rings. The topological polar surface area (TPSA) is 79.9 Å². The van der Waals surface area contributed by atoms with Crippen molar-refractivity contribution >= 4 is 17.3 Å². The van der Waals surface area contributed by atoms with Gasteiger partial charge in [0.15, 0.2) is 6.54 Å². The van der Waals surface area contributed by atoms with Crippen molar-refractivity contribution in [3.63, 3.8) is 0 Å². The molecule has 1 saturated heterocycles. The smallest absolute Gasteiger partial charge is 0.275 e. The summed E-state index contributed by atoms with van der Waals surface area (Å²) in [6, 6.07) is 7.05. The van der Waals surface area contributed by atoms with Gasteiger partial charge in [-0.25, -0.2) is 0 Å². The van der Waals surface area contributed by atoms with E-state index in [1.807, 2.05) is 0 Å². The number of hydrogen-bond acceptors (Lipinski definition) is 4. The number of nitrogens with one attached hydrogen (secondary N) is 2. The number of nitro benzene ring substituents is 1. The quantitative estimate of drug-likeness (QED) is 0.606. The number of nitro groups is 1. The predicted molar refractivity (Wildman–Crippen MR) is 100 cm³/mol. The van der Waals surface area contributed by atoms with Gasteiger partial charge in [0, 0.05) is 23.9 Å². The first-order chi connectivity index (χ1) is 12.5. The summed E-state index contributed by atoms with van der Waals surface area (Å²) in [5.41, 5.74) is 1.13. The second kappa shape index (κ2) is 8.49. The van der Waals surface area contributed by atoms with Gasteiger partial charge in [0.25, 0.3) is 11.6 Å². The number of piperazine rings is 1. The molecule has 142 valence electrons. The van der Waals surface area contributed by atoms with E-state index in [0.717, 1.165) is 38.3 Å². The standard InChI is InChI=1S/C19H28N4O3/c1-15-4-2-3-5-18(15)20-19(24)14-21-10-12-22(13-11-21)16-6-8-17(9-7-16)23(25)26/h6-9,15,18H,2-5,10-14H2,1H3,(H,20,24)/p+1/t15-,18+/m0/s1. The average molecular weight is 361 g/mol. The molecule has 2 N–H and O–H groups in total. The second-order valence-corrected chi connectivity index (χ2v) is 7.62. The Balaban J connectivity index is 1.44. The molecular formula is C19H29N4O3+. The van der Waals surface area contributed by atoms with Crippen LogP contribution in [0.1, 0.15) is 32.6 Å². The van der Waals surface area contributed by atoms with Gasteiger partial charge >= 0.3 is 0 Å². The van der Waals surface area contributed by atoms with E-state index in [2.05, 4.69) is 17.1 Å². The molecule has 7 nitrogen and oxygen atoms in total. The third kappa shape index (κ3) is 4.72. The van der Waals surface area contributed by atoms with Crippen LogP contribution in [0.3, 0.4) is 0 Å². The number of non-ortho nitro benzene ring substituents is 1. The zero-order valence-corrected chi connectivity index (χ0v) is 15.4. The van der Waals surface area contributed by atoms with Crippen LogP contribution in [0.25, 0.3) is 0 Å². The lowest BCUT2D eigenvalue weighted by molar-refractivity contribution is -0.892. The molecule has 7 heteroatoms. The molecule has 1 amide bonds. The van der Waals surface area contributed by atoms with E-state index in [1.165, 1.54) is 24.2 Å². The van der Waals surface area contributed by atoms with Crippen LogP contribution in [0.2, 0.25) is 0 Å². The van der Waals surface area contributed by atoms with Gasteiger partial charge in [-0.3, -0.25) is 14.9 Å². The van der Waals surface area contributed by atoms with E-state index in [-0.39, 0.29) is 16.5 Å². The maximum absolute atomic E-state index is 12.4. The first-order valence-electron chi connectivity index (χ1n) is 9.65. The van der Waals surface area contributed by atoms with Gasteiger partial charge in [0.2, 0.25) is 0 Å². The van der Waals surface area contributed by atoms with Gasteiger partial charge in [-0.15, -0.1) is 0 Å². The molecule has 0 unspecified atom stereocenters. The maximum Gasteiger partial charge on any atom is 0.275 e. The Labute approximate surface area is 154 Å². The molecule has 1 aliphatic heterocycles. The lowest BCUT2D eigenvalue weighted by atomic mass is 9.86. The van der Waals surface area contributed by atoms with Crippen molar-refractivity contribution in [3.8, 4) is 0 Å². The highest BCUT2D eigenvalue weighted by Gasteiger charge is 2.26. The summed E-state index contributed by atoms with van der Waals surface area (Å²) in [5.74, 6) is 0.754. The summed E-state index contributed by atoms with van der Waals surface area (Å²) in [6.07, 6.45) is 4.82. The van der Waals surface area contributed by atoms with Crippen molar-refractivity contribution in [2.24, 2.45) is 5.92 Å². The van der Waals surface area contributed by atoms with E-state index in [1.54, 1.807) is 24.3 Å². The summed E-state index contributed by atoms with van der Waals surface area (Å²) in [4.78, 5) is 26.3. The highest BCUT2D eigenvalue weighted by atomic mass is 16.6. The molecule has 0 bridgehead atoms. The minimum absolute atomic E-state index is 0.117. The first kappa shape index (κ1) is 18.6. The van der Waals surface area contributed by atoms with Gasteiger partial charge in [0.05, 0.1) is 31.1 Å². The van der Waals surface area contributed by atoms with Gasteiger partial charge < -0.3 is 15.1 Å². The lowest BCUT2D eigenvalue weighted by Gasteiger charge is -2.34. The molecule has 0 radical (unpaired) electrons. The summed E-state index contributed by atoms with van der Waals surface area (Å²) >= 11 is 0. The minimum Gasteiger partial charge on any atom is -0.360 e. The number of quaternary nitrogens is 1. The summed E-state index contributed by atoms with van der Waals surface area (Å²) in [5, 5.41) is 14.0. The molecule has 3 rings (SSSR count). The Hall–Kier alpha value is -2.15. The third-order valence-electron chi connectivity index (χ3n) is 5.76. The predicted octanol–water partition coefficient (Wildman–Crippen LogP) is 0.995. The molecule has 1 aromatic rings. The van der Waals surface area contributed by atoms with E-state index >= 15 is 0 Å². The van der Waals surface area contributed by atoms with Gasteiger partial charge in [-0.1, -0.05) is 19.8 Å². The van der Waals surface area contributed by atoms with Crippen LogP contribution in [0, 0.1) is 16.0 Å². The molecule has 1 aliphatic carbocycles. The maximum atomic E-state index is 12.4.